The van der Waals surface area contributed by atoms with Gasteiger partial charge in [-0.1, -0.05) is 60.7 Å². The molecule has 35 heavy (non-hydrogen) atoms. The van der Waals surface area contributed by atoms with E-state index in [0.717, 1.165) is 55.6 Å². The lowest BCUT2D eigenvalue weighted by atomic mass is 10.1. The van der Waals surface area contributed by atoms with Gasteiger partial charge in [0.1, 0.15) is 0 Å². The second kappa shape index (κ2) is 9.85. The summed E-state index contributed by atoms with van der Waals surface area (Å²) in [5.74, 6) is 0.961. The van der Waals surface area contributed by atoms with Crippen molar-refractivity contribution in [2.75, 3.05) is 31.1 Å². The second-order valence-electron chi connectivity index (χ2n) is 8.77. The molecule has 0 radical (unpaired) electrons. The van der Waals surface area contributed by atoms with Crippen molar-refractivity contribution in [3.8, 4) is 11.1 Å². The number of fused-ring (bicyclic) bond motifs is 1. The van der Waals surface area contributed by atoms with Crippen molar-refractivity contribution in [3.63, 3.8) is 0 Å². The van der Waals surface area contributed by atoms with E-state index in [4.69, 9.17) is 4.98 Å². The molecule has 1 aliphatic heterocycles. The molecule has 6 rings (SSSR count). The van der Waals surface area contributed by atoms with E-state index in [-0.39, 0.29) is 6.04 Å². The second-order valence-corrected chi connectivity index (χ2v) is 10.8. The molecule has 0 N–H and O–H groups in total. The van der Waals surface area contributed by atoms with Gasteiger partial charge < -0.3 is 4.90 Å². The van der Waals surface area contributed by atoms with Crippen LogP contribution >= 0.6 is 22.7 Å². The summed E-state index contributed by atoms with van der Waals surface area (Å²) in [7, 11) is 0. The van der Waals surface area contributed by atoms with Crippen LogP contribution in [0.25, 0.3) is 21.3 Å². The molecular weight excluding hydrogens is 474 g/mol. The molecular formula is C26H27N7S2. The van der Waals surface area contributed by atoms with Crippen molar-refractivity contribution in [2.45, 2.75) is 25.9 Å². The lowest BCUT2D eigenvalue weighted by molar-refractivity contribution is 0.169. The van der Waals surface area contributed by atoms with Gasteiger partial charge in [0.05, 0.1) is 22.8 Å². The zero-order valence-electron chi connectivity index (χ0n) is 19.6. The van der Waals surface area contributed by atoms with Gasteiger partial charge in [-0.25, -0.2) is 9.67 Å². The zero-order chi connectivity index (χ0) is 23.6. The van der Waals surface area contributed by atoms with Crippen LogP contribution in [0.1, 0.15) is 30.1 Å². The van der Waals surface area contributed by atoms with Crippen molar-refractivity contribution >= 4 is 38.0 Å². The fourth-order valence-corrected chi connectivity index (χ4v) is 6.54. The van der Waals surface area contributed by atoms with Crippen molar-refractivity contribution in [2.24, 2.45) is 0 Å². The largest absolute Gasteiger partial charge is 0.345 e. The van der Waals surface area contributed by atoms with Crippen LogP contribution in [0, 0.1) is 0 Å². The minimum atomic E-state index is 0.218. The molecule has 4 heterocycles. The number of anilines is 1. The molecule has 1 unspecified atom stereocenters. The molecule has 0 bridgehead atoms. The first kappa shape index (κ1) is 22.3. The molecule has 2 aromatic carbocycles. The Bertz CT molecular complexity index is 1390. The van der Waals surface area contributed by atoms with Gasteiger partial charge in [0.2, 0.25) is 0 Å². The number of hydrogen-bond acceptors (Lipinski definition) is 8. The van der Waals surface area contributed by atoms with Crippen molar-refractivity contribution < 1.29 is 0 Å². The van der Waals surface area contributed by atoms with Gasteiger partial charge in [-0.15, -0.1) is 16.4 Å². The molecule has 1 aliphatic rings. The first-order valence-corrected chi connectivity index (χ1v) is 13.7. The molecule has 0 aliphatic carbocycles. The maximum Gasteiger partial charge on any atom is 0.186 e. The summed E-state index contributed by atoms with van der Waals surface area (Å²) < 4.78 is 3.20. The number of thiophene rings is 1. The van der Waals surface area contributed by atoms with Crippen LogP contribution in [0.3, 0.4) is 0 Å². The van der Waals surface area contributed by atoms with E-state index in [1.807, 2.05) is 4.68 Å². The summed E-state index contributed by atoms with van der Waals surface area (Å²) >= 11 is 3.53. The van der Waals surface area contributed by atoms with Crippen LogP contribution in [-0.4, -0.2) is 56.3 Å². The molecule has 5 aromatic rings. The Kier molecular flexibility index (Phi) is 6.28. The summed E-state index contributed by atoms with van der Waals surface area (Å²) in [5, 5.41) is 15.9. The lowest BCUT2D eigenvalue weighted by Crippen LogP contribution is -2.48. The zero-order valence-corrected chi connectivity index (χ0v) is 21.3. The highest BCUT2D eigenvalue weighted by Gasteiger charge is 2.29. The molecule has 1 fully saturated rings. The highest BCUT2D eigenvalue weighted by atomic mass is 32.1. The van der Waals surface area contributed by atoms with Crippen molar-refractivity contribution in [1.29, 1.82) is 0 Å². The monoisotopic (exact) mass is 501 g/mol. The molecule has 7 nitrogen and oxygen atoms in total. The Balaban J connectivity index is 1.15. The van der Waals surface area contributed by atoms with Crippen LogP contribution in [-0.2, 0) is 6.54 Å². The van der Waals surface area contributed by atoms with Gasteiger partial charge in [-0.2, -0.15) is 0 Å². The Hall–Kier alpha value is -3.14. The smallest absolute Gasteiger partial charge is 0.186 e. The SMILES string of the molecule is CCC(c1nnnn1Cc1cccs1)N1CCN(c2nc3ccc(-c4ccccc4)cc3s2)CC1. The molecule has 0 amide bonds. The van der Waals surface area contributed by atoms with Crippen molar-refractivity contribution in [1.82, 2.24) is 30.1 Å². The quantitative estimate of drug-likeness (QED) is 0.300. The molecule has 1 saturated heterocycles. The number of hydrogen-bond donors (Lipinski definition) is 0. The third-order valence-corrected chi connectivity index (χ3v) is 8.58. The molecule has 1 atom stereocenters. The van der Waals surface area contributed by atoms with Gasteiger partial charge in [0.25, 0.3) is 0 Å². The minimum Gasteiger partial charge on any atom is -0.345 e. The summed E-state index contributed by atoms with van der Waals surface area (Å²) in [6.07, 6.45) is 0.980. The van der Waals surface area contributed by atoms with Crippen LogP contribution in [0.4, 0.5) is 5.13 Å². The third kappa shape index (κ3) is 4.59. The first-order chi connectivity index (χ1) is 17.3. The summed E-state index contributed by atoms with van der Waals surface area (Å²) in [6, 6.07) is 21.6. The highest BCUT2D eigenvalue weighted by molar-refractivity contribution is 7.22. The van der Waals surface area contributed by atoms with E-state index >= 15 is 0 Å². The van der Waals surface area contributed by atoms with E-state index in [9.17, 15) is 0 Å². The highest BCUT2D eigenvalue weighted by Crippen LogP contribution is 2.33. The minimum absolute atomic E-state index is 0.218. The standard InChI is InChI=1S/C26H27N7S2/c1-2-23(25-28-29-30-33(25)18-21-9-6-16-34-21)31-12-14-32(15-13-31)26-27-22-11-10-20(17-24(22)35-26)19-7-4-3-5-8-19/h3-11,16-17,23H,2,12-15,18H2,1H3. The van der Waals surface area contributed by atoms with Crippen LogP contribution in [0.2, 0.25) is 0 Å². The predicted molar refractivity (Wildman–Crippen MR) is 143 cm³/mol. The van der Waals surface area contributed by atoms with E-state index in [1.165, 1.54) is 20.7 Å². The molecule has 0 spiro atoms. The van der Waals surface area contributed by atoms with Crippen molar-refractivity contribution in [3.05, 3.63) is 76.7 Å². The van der Waals surface area contributed by atoms with E-state index in [2.05, 4.69) is 98.3 Å². The number of nitrogens with zero attached hydrogens (tertiary/aromatic N) is 7. The number of rotatable bonds is 7. The fraction of sp³-hybridized carbons (Fsp3) is 0.308. The molecule has 0 saturated carbocycles. The molecule has 3 aromatic heterocycles. The van der Waals surface area contributed by atoms with Gasteiger partial charge in [0.15, 0.2) is 11.0 Å². The third-order valence-electron chi connectivity index (χ3n) is 6.64. The average molecular weight is 502 g/mol. The number of benzene rings is 2. The molecule has 178 valence electrons. The normalized spacial score (nSPS) is 15.6. The molecule has 9 heteroatoms. The van der Waals surface area contributed by atoms with Gasteiger partial charge >= 0.3 is 0 Å². The summed E-state index contributed by atoms with van der Waals surface area (Å²) in [5.41, 5.74) is 3.56. The van der Waals surface area contributed by atoms with Crippen LogP contribution < -0.4 is 4.90 Å². The van der Waals surface area contributed by atoms with Gasteiger partial charge in [0, 0.05) is 31.1 Å². The number of piperazine rings is 1. The summed E-state index contributed by atoms with van der Waals surface area (Å²) in [6.45, 7) is 6.79. The Morgan fingerprint density at radius 1 is 0.943 bits per heavy atom. The van der Waals surface area contributed by atoms with Crippen LogP contribution in [0.15, 0.2) is 66.0 Å². The lowest BCUT2D eigenvalue weighted by Gasteiger charge is -2.38. The van der Waals surface area contributed by atoms with E-state index < -0.39 is 0 Å². The number of aromatic nitrogens is 5. The van der Waals surface area contributed by atoms with E-state index in [1.54, 1.807) is 22.7 Å². The maximum absolute atomic E-state index is 4.96. The fourth-order valence-electron chi connectivity index (χ4n) is 4.80. The van der Waals surface area contributed by atoms with Crippen LogP contribution in [0.5, 0.6) is 0 Å². The topological polar surface area (TPSA) is 63.0 Å². The Labute approximate surface area is 212 Å². The van der Waals surface area contributed by atoms with E-state index in [0.29, 0.717) is 0 Å². The van der Waals surface area contributed by atoms with Gasteiger partial charge in [-0.3, -0.25) is 4.90 Å². The van der Waals surface area contributed by atoms with Gasteiger partial charge in [-0.05, 0) is 51.6 Å². The number of thiazole rings is 1. The number of tetrazole rings is 1. The predicted octanol–water partition coefficient (Wildman–Crippen LogP) is 5.33. The maximum atomic E-state index is 4.96. The Morgan fingerprint density at radius 3 is 2.57 bits per heavy atom. The first-order valence-electron chi connectivity index (χ1n) is 12.0. The Morgan fingerprint density at radius 2 is 1.80 bits per heavy atom. The summed E-state index contributed by atoms with van der Waals surface area (Å²) in [4.78, 5) is 11.2. The average Bonchev–Trinajstić information content (AvgIpc) is 3.67.